The van der Waals surface area contributed by atoms with Gasteiger partial charge in [-0.1, -0.05) is 44.2 Å². The zero-order valence-electron chi connectivity index (χ0n) is 15.6. The lowest BCUT2D eigenvalue weighted by Gasteiger charge is -2.30. The monoisotopic (exact) mass is 357 g/mol. The molecule has 5 heteroatoms. The van der Waals surface area contributed by atoms with E-state index in [9.17, 15) is 9.59 Å². The Morgan fingerprint density at radius 3 is 2.73 bits per heavy atom. The van der Waals surface area contributed by atoms with Crippen LogP contribution in [0.2, 0.25) is 0 Å². The van der Waals surface area contributed by atoms with Gasteiger partial charge in [0.2, 0.25) is 0 Å². The van der Waals surface area contributed by atoms with E-state index in [2.05, 4.69) is 0 Å². The fraction of sp³-hybridized carbons (Fsp3) is 0.524. The van der Waals surface area contributed by atoms with Crippen molar-refractivity contribution in [3.05, 3.63) is 41.7 Å². The van der Waals surface area contributed by atoms with Crippen LogP contribution in [0.25, 0.3) is 0 Å². The standard InChI is InChI=1S/C21H27NO4/c1-15-7-6-10-17(11-15)26-18-13-20(23)22(14-18)19(21(24)25-2)12-16-8-4-3-5-9-16/h6-7,10-11,13,16,19H,3-5,8-9,12,14H2,1-2H3. The number of amides is 1. The van der Waals surface area contributed by atoms with Crippen molar-refractivity contribution >= 4 is 11.9 Å². The van der Waals surface area contributed by atoms with Gasteiger partial charge in [0.1, 0.15) is 17.6 Å². The summed E-state index contributed by atoms with van der Waals surface area (Å²) in [6.45, 7) is 2.30. The molecule has 1 aliphatic carbocycles. The van der Waals surface area contributed by atoms with Crippen molar-refractivity contribution in [1.29, 1.82) is 0 Å². The summed E-state index contributed by atoms with van der Waals surface area (Å²) in [5.41, 5.74) is 1.09. The van der Waals surface area contributed by atoms with E-state index in [1.807, 2.05) is 31.2 Å². The molecule has 0 N–H and O–H groups in total. The van der Waals surface area contributed by atoms with Crippen LogP contribution in [-0.2, 0) is 14.3 Å². The normalized spacial score (nSPS) is 19.2. The van der Waals surface area contributed by atoms with Crippen molar-refractivity contribution in [3.8, 4) is 5.75 Å². The third kappa shape index (κ3) is 4.45. The Morgan fingerprint density at radius 1 is 1.27 bits per heavy atom. The van der Waals surface area contributed by atoms with Gasteiger partial charge in [0.15, 0.2) is 0 Å². The molecule has 1 aromatic carbocycles. The molecule has 1 heterocycles. The van der Waals surface area contributed by atoms with Crippen LogP contribution < -0.4 is 4.74 Å². The molecule has 0 saturated heterocycles. The molecular formula is C21H27NO4. The van der Waals surface area contributed by atoms with Crippen molar-refractivity contribution < 1.29 is 19.1 Å². The summed E-state index contributed by atoms with van der Waals surface area (Å²) in [6, 6.07) is 7.16. The molecule has 140 valence electrons. The summed E-state index contributed by atoms with van der Waals surface area (Å²) in [4.78, 5) is 26.4. The molecule has 1 amide bonds. The highest BCUT2D eigenvalue weighted by Crippen LogP contribution is 2.30. The predicted molar refractivity (Wildman–Crippen MR) is 98.6 cm³/mol. The van der Waals surface area contributed by atoms with Crippen molar-refractivity contribution in [3.63, 3.8) is 0 Å². The second kappa shape index (κ2) is 8.39. The number of ether oxygens (including phenoxy) is 2. The Balaban J connectivity index is 1.68. The number of benzene rings is 1. The molecule has 3 rings (SSSR count). The molecule has 5 nitrogen and oxygen atoms in total. The quantitative estimate of drug-likeness (QED) is 0.730. The summed E-state index contributed by atoms with van der Waals surface area (Å²) in [6.07, 6.45) is 8.06. The van der Waals surface area contributed by atoms with Gasteiger partial charge >= 0.3 is 5.97 Å². The summed E-state index contributed by atoms with van der Waals surface area (Å²) in [5, 5.41) is 0. The third-order valence-electron chi connectivity index (χ3n) is 5.26. The highest BCUT2D eigenvalue weighted by Gasteiger charge is 2.36. The molecule has 26 heavy (non-hydrogen) atoms. The second-order valence-electron chi connectivity index (χ2n) is 7.27. The van der Waals surface area contributed by atoms with Gasteiger partial charge in [-0.15, -0.1) is 0 Å². The number of esters is 1. The molecular weight excluding hydrogens is 330 g/mol. The summed E-state index contributed by atoms with van der Waals surface area (Å²) in [7, 11) is 1.38. The number of carbonyl (C=O) groups excluding carboxylic acids is 2. The van der Waals surface area contributed by atoms with Crippen LogP contribution in [-0.4, -0.2) is 36.5 Å². The number of aryl methyl sites for hydroxylation is 1. The molecule has 0 radical (unpaired) electrons. The number of carbonyl (C=O) groups is 2. The maximum Gasteiger partial charge on any atom is 0.328 e. The summed E-state index contributed by atoms with van der Waals surface area (Å²) in [5.74, 6) is 1.22. The minimum Gasteiger partial charge on any atom is -0.467 e. The van der Waals surface area contributed by atoms with Crippen molar-refractivity contribution in [1.82, 2.24) is 4.90 Å². The average molecular weight is 357 g/mol. The van der Waals surface area contributed by atoms with Gasteiger partial charge in [-0.25, -0.2) is 4.79 Å². The number of nitrogens with zero attached hydrogens (tertiary/aromatic N) is 1. The van der Waals surface area contributed by atoms with Crippen LogP contribution in [0.15, 0.2) is 36.1 Å². The average Bonchev–Trinajstić information content (AvgIpc) is 3.00. The van der Waals surface area contributed by atoms with E-state index >= 15 is 0 Å². The molecule has 0 aromatic heterocycles. The number of hydrogen-bond donors (Lipinski definition) is 0. The maximum absolute atomic E-state index is 12.5. The van der Waals surface area contributed by atoms with Crippen molar-refractivity contribution in [2.24, 2.45) is 5.92 Å². The van der Waals surface area contributed by atoms with Crippen molar-refractivity contribution in [2.75, 3.05) is 13.7 Å². The Labute approximate surface area is 155 Å². The van der Waals surface area contributed by atoms with E-state index in [-0.39, 0.29) is 11.9 Å². The van der Waals surface area contributed by atoms with E-state index in [4.69, 9.17) is 9.47 Å². The zero-order chi connectivity index (χ0) is 18.5. The highest BCUT2D eigenvalue weighted by atomic mass is 16.5. The van der Waals surface area contributed by atoms with Crippen LogP contribution in [0.5, 0.6) is 5.75 Å². The van der Waals surface area contributed by atoms with Gasteiger partial charge in [0, 0.05) is 6.08 Å². The zero-order valence-corrected chi connectivity index (χ0v) is 15.6. The van der Waals surface area contributed by atoms with Gasteiger partial charge in [0.25, 0.3) is 5.91 Å². The Kier molecular flexibility index (Phi) is 5.96. The second-order valence-corrected chi connectivity index (χ2v) is 7.27. The lowest BCUT2D eigenvalue weighted by Crippen LogP contribution is -2.44. The third-order valence-corrected chi connectivity index (χ3v) is 5.26. The number of methoxy groups -OCH3 is 1. The van der Waals surface area contributed by atoms with Crippen LogP contribution in [0, 0.1) is 12.8 Å². The summed E-state index contributed by atoms with van der Waals surface area (Å²) >= 11 is 0. The van der Waals surface area contributed by atoms with Gasteiger partial charge < -0.3 is 14.4 Å². The Hall–Kier alpha value is -2.30. The largest absolute Gasteiger partial charge is 0.467 e. The molecule has 1 aliphatic heterocycles. The van der Waals surface area contributed by atoms with E-state index in [0.717, 1.165) is 18.4 Å². The topological polar surface area (TPSA) is 55.8 Å². The molecule has 2 aliphatic rings. The number of hydrogen-bond acceptors (Lipinski definition) is 4. The van der Waals surface area contributed by atoms with Crippen LogP contribution in [0.1, 0.15) is 44.1 Å². The predicted octanol–water partition coefficient (Wildman–Crippen LogP) is 3.61. The van der Waals surface area contributed by atoms with E-state index in [0.29, 0.717) is 30.4 Å². The SMILES string of the molecule is COC(=O)C(CC1CCCCC1)N1CC(Oc2cccc(C)c2)=CC1=O. The first kappa shape index (κ1) is 18.5. The minimum atomic E-state index is -0.537. The maximum atomic E-state index is 12.5. The fourth-order valence-electron chi connectivity index (χ4n) is 3.89. The van der Waals surface area contributed by atoms with Crippen LogP contribution in [0.3, 0.4) is 0 Å². The molecule has 1 unspecified atom stereocenters. The van der Waals surface area contributed by atoms with Gasteiger partial charge in [-0.2, -0.15) is 0 Å². The van der Waals surface area contributed by atoms with E-state index in [1.165, 1.54) is 32.4 Å². The van der Waals surface area contributed by atoms with E-state index < -0.39 is 6.04 Å². The molecule has 1 atom stereocenters. The van der Waals surface area contributed by atoms with Gasteiger partial charge in [0.05, 0.1) is 13.7 Å². The first-order chi connectivity index (χ1) is 12.6. The molecule has 1 aromatic rings. The summed E-state index contributed by atoms with van der Waals surface area (Å²) < 4.78 is 10.8. The first-order valence-electron chi connectivity index (χ1n) is 9.40. The van der Waals surface area contributed by atoms with E-state index in [1.54, 1.807) is 4.90 Å². The molecule has 0 bridgehead atoms. The van der Waals surface area contributed by atoms with Crippen LogP contribution in [0.4, 0.5) is 0 Å². The van der Waals surface area contributed by atoms with Gasteiger partial charge in [-0.05, 0) is 37.0 Å². The fourth-order valence-corrected chi connectivity index (χ4v) is 3.89. The smallest absolute Gasteiger partial charge is 0.328 e. The number of rotatable bonds is 6. The molecule has 0 spiro atoms. The Morgan fingerprint density at radius 2 is 2.04 bits per heavy atom. The molecule has 1 saturated carbocycles. The first-order valence-corrected chi connectivity index (χ1v) is 9.40. The lowest BCUT2D eigenvalue weighted by molar-refractivity contribution is -0.151. The van der Waals surface area contributed by atoms with Crippen LogP contribution >= 0.6 is 0 Å². The minimum absolute atomic E-state index is 0.182. The molecule has 1 fully saturated rings. The van der Waals surface area contributed by atoms with Gasteiger partial charge in [-0.3, -0.25) is 4.79 Å². The van der Waals surface area contributed by atoms with Crippen molar-refractivity contribution in [2.45, 2.75) is 51.5 Å². The highest BCUT2D eigenvalue weighted by molar-refractivity contribution is 5.94. The lowest BCUT2D eigenvalue weighted by atomic mass is 9.84. The Bertz CT molecular complexity index is 691.